The number of allylic oxidation sites excluding steroid dienone is 2. The molecule has 0 saturated heterocycles. The van der Waals surface area contributed by atoms with Gasteiger partial charge in [-0.3, -0.25) is 4.79 Å². The monoisotopic (exact) mass is 344 g/mol. The van der Waals surface area contributed by atoms with Crippen LogP contribution in [0.15, 0.2) is 18.2 Å². The summed E-state index contributed by atoms with van der Waals surface area (Å²) in [5.41, 5.74) is -1.40. The molecule has 3 nitrogen and oxygen atoms in total. The second kappa shape index (κ2) is 6.75. The van der Waals surface area contributed by atoms with Gasteiger partial charge >= 0.3 is 5.97 Å². The predicted octanol–water partition coefficient (Wildman–Crippen LogP) is 3.70. The molecule has 2 atom stereocenters. The van der Waals surface area contributed by atoms with E-state index in [1.54, 1.807) is 26.0 Å². The fraction of sp³-hybridized carbons (Fsp3) is 0.412. The molecule has 0 heterocycles. The SMILES string of the molecule is CC1(C)C(C=CCC=O)C1C(=O)OCc1c(F)c(F)cc(F)c1F. The predicted molar refractivity (Wildman–Crippen MR) is 76.7 cm³/mol. The number of carbonyl (C=O) groups is 2. The van der Waals surface area contributed by atoms with Gasteiger partial charge in [-0.25, -0.2) is 17.6 Å². The first-order valence-electron chi connectivity index (χ1n) is 7.30. The second-order valence-electron chi connectivity index (χ2n) is 6.21. The Bertz CT molecular complexity index is 671. The molecule has 2 unspecified atom stereocenters. The highest BCUT2D eigenvalue weighted by molar-refractivity contribution is 5.78. The Labute approximate surface area is 136 Å². The summed E-state index contributed by atoms with van der Waals surface area (Å²) in [5, 5.41) is 0. The molecule has 0 amide bonds. The van der Waals surface area contributed by atoms with Gasteiger partial charge in [0.1, 0.15) is 12.9 Å². The van der Waals surface area contributed by atoms with Crippen LogP contribution in [0, 0.1) is 40.5 Å². The van der Waals surface area contributed by atoms with Gasteiger partial charge in [-0.05, 0) is 11.3 Å². The van der Waals surface area contributed by atoms with Crippen molar-refractivity contribution in [2.75, 3.05) is 0 Å². The number of aldehydes is 1. The normalized spacial score (nSPS) is 21.8. The van der Waals surface area contributed by atoms with Crippen molar-refractivity contribution < 1.29 is 31.9 Å². The van der Waals surface area contributed by atoms with Crippen LogP contribution < -0.4 is 0 Å². The summed E-state index contributed by atoms with van der Waals surface area (Å²) in [6.45, 7) is 2.71. The molecule has 1 aromatic rings. The van der Waals surface area contributed by atoms with E-state index in [1.807, 2.05) is 0 Å². The Morgan fingerprint density at radius 1 is 1.21 bits per heavy atom. The molecule has 1 fully saturated rings. The molecule has 2 rings (SSSR count). The molecule has 0 aromatic heterocycles. The number of hydrogen-bond donors (Lipinski definition) is 0. The Morgan fingerprint density at radius 2 is 1.79 bits per heavy atom. The van der Waals surface area contributed by atoms with Crippen LogP contribution in [0.3, 0.4) is 0 Å². The van der Waals surface area contributed by atoms with E-state index in [-0.39, 0.29) is 18.4 Å². The molecule has 24 heavy (non-hydrogen) atoms. The average molecular weight is 344 g/mol. The van der Waals surface area contributed by atoms with Crippen molar-refractivity contribution in [1.29, 1.82) is 0 Å². The van der Waals surface area contributed by atoms with Crippen LogP contribution in [-0.4, -0.2) is 12.3 Å². The van der Waals surface area contributed by atoms with Crippen LogP contribution in [-0.2, 0) is 20.9 Å². The minimum absolute atomic E-state index is 0.0911. The van der Waals surface area contributed by atoms with Gasteiger partial charge in [0.15, 0.2) is 23.3 Å². The van der Waals surface area contributed by atoms with Crippen LogP contribution in [0.25, 0.3) is 0 Å². The number of rotatable bonds is 6. The molecule has 1 saturated carbocycles. The summed E-state index contributed by atoms with van der Waals surface area (Å²) >= 11 is 0. The first-order chi connectivity index (χ1) is 11.2. The lowest BCUT2D eigenvalue weighted by atomic mass is 10.1. The fourth-order valence-electron chi connectivity index (χ4n) is 2.75. The van der Waals surface area contributed by atoms with E-state index in [9.17, 15) is 27.2 Å². The van der Waals surface area contributed by atoms with Crippen LogP contribution in [0.4, 0.5) is 17.6 Å². The summed E-state index contributed by atoms with van der Waals surface area (Å²) in [4.78, 5) is 22.4. The van der Waals surface area contributed by atoms with Gasteiger partial charge in [-0.2, -0.15) is 0 Å². The minimum Gasteiger partial charge on any atom is -0.460 e. The van der Waals surface area contributed by atoms with Gasteiger partial charge in [0, 0.05) is 12.5 Å². The molecule has 1 aliphatic carbocycles. The number of hydrogen-bond acceptors (Lipinski definition) is 3. The van der Waals surface area contributed by atoms with Crippen molar-refractivity contribution in [3.8, 4) is 0 Å². The average Bonchev–Trinajstić information content (AvgIpc) is 3.06. The Balaban J connectivity index is 2.06. The van der Waals surface area contributed by atoms with Gasteiger partial charge in [0.25, 0.3) is 0 Å². The Morgan fingerprint density at radius 3 is 2.33 bits per heavy atom. The molecule has 0 spiro atoms. The molecular weight excluding hydrogens is 328 g/mol. The summed E-state index contributed by atoms with van der Waals surface area (Å²) in [6, 6.07) is 0.0911. The smallest absolute Gasteiger partial charge is 0.310 e. The highest BCUT2D eigenvalue weighted by Crippen LogP contribution is 2.59. The van der Waals surface area contributed by atoms with Gasteiger partial charge in [-0.15, -0.1) is 0 Å². The first kappa shape index (κ1) is 18.2. The van der Waals surface area contributed by atoms with Crippen molar-refractivity contribution in [3.05, 3.63) is 47.1 Å². The molecule has 0 bridgehead atoms. The van der Waals surface area contributed by atoms with E-state index in [0.29, 0.717) is 6.29 Å². The van der Waals surface area contributed by atoms with E-state index in [1.165, 1.54) is 0 Å². The molecule has 7 heteroatoms. The highest BCUT2D eigenvalue weighted by atomic mass is 19.2. The van der Waals surface area contributed by atoms with Gasteiger partial charge < -0.3 is 9.53 Å². The van der Waals surface area contributed by atoms with Gasteiger partial charge in [-0.1, -0.05) is 26.0 Å². The fourth-order valence-corrected chi connectivity index (χ4v) is 2.75. The van der Waals surface area contributed by atoms with E-state index in [2.05, 4.69) is 0 Å². The van der Waals surface area contributed by atoms with E-state index in [0.717, 1.165) is 0 Å². The van der Waals surface area contributed by atoms with E-state index >= 15 is 0 Å². The van der Waals surface area contributed by atoms with E-state index < -0.39 is 52.7 Å². The molecule has 0 radical (unpaired) electrons. The third kappa shape index (κ3) is 3.34. The van der Waals surface area contributed by atoms with Gasteiger partial charge in [0.2, 0.25) is 0 Å². The van der Waals surface area contributed by atoms with Crippen molar-refractivity contribution >= 4 is 12.3 Å². The summed E-state index contributed by atoms with van der Waals surface area (Å²) in [5.74, 6) is -7.72. The summed E-state index contributed by atoms with van der Waals surface area (Å²) < 4.78 is 58.1. The summed E-state index contributed by atoms with van der Waals surface area (Å²) in [6.07, 6.45) is 4.26. The van der Waals surface area contributed by atoms with Crippen LogP contribution >= 0.6 is 0 Å². The zero-order valence-electron chi connectivity index (χ0n) is 13.1. The molecule has 0 aliphatic heterocycles. The van der Waals surface area contributed by atoms with Crippen LogP contribution in [0.2, 0.25) is 0 Å². The Kier molecular flexibility index (Phi) is 5.11. The van der Waals surface area contributed by atoms with Crippen molar-refractivity contribution in [1.82, 2.24) is 0 Å². The number of halogens is 4. The van der Waals surface area contributed by atoms with Crippen molar-refractivity contribution in [2.24, 2.45) is 17.3 Å². The highest BCUT2D eigenvalue weighted by Gasteiger charge is 2.61. The Hall–Kier alpha value is -2.18. The molecule has 1 aliphatic rings. The number of carbonyl (C=O) groups excluding carboxylic acids is 2. The van der Waals surface area contributed by atoms with Gasteiger partial charge in [0.05, 0.1) is 11.5 Å². The lowest BCUT2D eigenvalue weighted by Gasteiger charge is -2.09. The van der Waals surface area contributed by atoms with Crippen LogP contribution in [0.1, 0.15) is 25.8 Å². The molecular formula is C17H16F4O3. The van der Waals surface area contributed by atoms with Crippen molar-refractivity contribution in [3.63, 3.8) is 0 Å². The third-order valence-corrected chi connectivity index (χ3v) is 4.30. The first-order valence-corrected chi connectivity index (χ1v) is 7.30. The zero-order chi connectivity index (χ0) is 18.1. The number of ether oxygens (including phenoxy) is 1. The largest absolute Gasteiger partial charge is 0.460 e. The van der Waals surface area contributed by atoms with E-state index in [4.69, 9.17) is 4.74 Å². The lowest BCUT2D eigenvalue weighted by molar-refractivity contribution is -0.147. The quantitative estimate of drug-likeness (QED) is 0.260. The maximum absolute atomic E-state index is 13.5. The van der Waals surface area contributed by atoms with Crippen LogP contribution in [0.5, 0.6) is 0 Å². The number of esters is 1. The maximum atomic E-state index is 13.5. The minimum atomic E-state index is -1.58. The topological polar surface area (TPSA) is 43.4 Å². The standard InChI is InChI=1S/C17H16F4O3/c1-17(2)10(5-3-4-6-22)13(17)16(23)24-8-9-14(20)11(18)7-12(19)15(9)21/h3,5-7,10,13H,4,8H2,1-2H3. The molecule has 130 valence electrons. The lowest BCUT2D eigenvalue weighted by Crippen LogP contribution is -2.13. The van der Waals surface area contributed by atoms with Crippen molar-refractivity contribution in [2.45, 2.75) is 26.9 Å². The summed E-state index contributed by atoms with van der Waals surface area (Å²) in [7, 11) is 0. The molecule has 0 N–H and O–H groups in total. The second-order valence-corrected chi connectivity index (χ2v) is 6.21. The number of benzene rings is 1. The maximum Gasteiger partial charge on any atom is 0.310 e. The zero-order valence-corrected chi connectivity index (χ0v) is 13.1. The third-order valence-electron chi connectivity index (χ3n) is 4.30. The molecule has 1 aromatic carbocycles.